The molecule has 6 rings (SSSR count). The van der Waals surface area contributed by atoms with Crippen molar-refractivity contribution in [1.82, 2.24) is 0 Å². The number of unbranched alkanes of at least 4 members (excludes halogenated alkanes) is 6. The van der Waals surface area contributed by atoms with Gasteiger partial charge >= 0.3 is 25.8 Å². The van der Waals surface area contributed by atoms with Gasteiger partial charge in [-0.15, -0.1) is 68.3 Å². The van der Waals surface area contributed by atoms with E-state index in [-0.39, 0.29) is 40.7 Å². The van der Waals surface area contributed by atoms with Gasteiger partial charge in [-0.1, -0.05) is 159 Å². The van der Waals surface area contributed by atoms with Crippen LogP contribution >= 0.6 is 0 Å². The van der Waals surface area contributed by atoms with Crippen LogP contribution in [0.3, 0.4) is 0 Å². The third-order valence-electron chi connectivity index (χ3n) is 10.6. The van der Waals surface area contributed by atoms with Crippen molar-refractivity contribution in [2.45, 2.75) is 105 Å². The first kappa shape index (κ1) is 41.6. The molecule has 6 aromatic rings. The Morgan fingerprint density at radius 1 is 0.480 bits per heavy atom. The van der Waals surface area contributed by atoms with E-state index in [0.29, 0.717) is 0 Å². The molecule has 0 aromatic heterocycles. The van der Waals surface area contributed by atoms with Crippen LogP contribution in [0.2, 0.25) is 12.1 Å². The Morgan fingerprint density at radius 2 is 0.860 bits per heavy atom. The summed E-state index contributed by atoms with van der Waals surface area (Å²) in [4.78, 5) is 0. The molecule has 0 atom stereocenters. The average Bonchev–Trinajstić information content (AvgIpc) is 3.68. The summed E-state index contributed by atoms with van der Waals surface area (Å²) in [6.45, 7) is 13.6. The van der Waals surface area contributed by atoms with Crippen molar-refractivity contribution >= 4 is 40.0 Å². The van der Waals surface area contributed by atoms with Crippen LogP contribution in [-0.4, -0.2) is 8.07 Å². The molecule has 0 heterocycles. The Kier molecular flexibility index (Phi) is 15.5. The van der Waals surface area contributed by atoms with Crippen molar-refractivity contribution in [3.63, 3.8) is 0 Å². The molecule has 0 unspecified atom stereocenters. The number of hydrogen-bond acceptors (Lipinski definition) is 0. The Bertz CT molecular complexity index is 1780. The molecule has 0 aliphatic rings. The molecule has 0 fully saturated rings. The van der Waals surface area contributed by atoms with Gasteiger partial charge in [0.05, 0.1) is 8.07 Å². The molecule has 0 saturated heterocycles. The molecule has 0 bridgehead atoms. The second-order valence-corrected chi connectivity index (χ2v) is 18.9. The second-order valence-electron chi connectivity index (χ2n) is 14.6. The quantitative estimate of drug-likeness (QED) is 0.0582. The van der Waals surface area contributed by atoms with Crippen molar-refractivity contribution in [1.29, 1.82) is 0 Å². The molecule has 0 amide bonds. The third kappa shape index (κ3) is 8.97. The van der Waals surface area contributed by atoms with Crippen LogP contribution in [0.4, 0.5) is 0 Å². The van der Waals surface area contributed by atoms with Crippen LogP contribution < -0.4 is 10.4 Å². The van der Waals surface area contributed by atoms with Crippen molar-refractivity contribution in [3.8, 4) is 22.3 Å². The van der Waals surface area contributed by atoms with Gasteiger partial charge in [-0.25, -0.2) is 0 Å². The van der Waals surface area contributed by atoms with Gasteiger partial charge in [0.2, 0.25) is 0 Å². The number of hydrogen-bond donors (Lipinski definition) is 0. The molecule has 0 radical (unpaired) electrons. The first-order valence-electron chi connectivity index (χ1n) is 18.4. The smallest absolute Gasteiger partial charge is 0.358 e. The van der Waals surface area contributed by atoms with Crippen LogP contribution in [0.25, 0.3) is 43.8 Å². The average molecular weight is 844 g/mol. The molecule has 2 heteroatoms. The maximum Gasteiger partial charge on any atom is 4.00 e. The van der Waals surface area contributed by atoms with E-state index in [1.165, 1.54) is 130 Å². The van der Waals surface area contributed by atoms with E-state index < -0.39 is 8.07 Å². The Labute approximate surface area is 325 Å². The monoisotopic (exact) mass is 844 g/mol. The third-order valence-corrected chi connectivity index (χ3v) is 15.8. The fourth-order valence-corrected chi connectivity index (χ4v) is 13.5. The summed E-state index contributed by atoms with van der Waals surface area (Å²) in [6.07, 6.45) is 10.5. The molecule has 0 nitrogen and oxygen atoms in total. The van der Waals surface area contributed by atoms with Crippen LogP contribution in [0.5, 0.6) is 0 Å². The molecule has 0 aliphatic carbocycles. The van der Waals surface area contributed by atoms with Crippen LogP contribution in [0, 0.1) is 42.5 Å². The van der Waals surface area contributed by atoms with E-state index in [0.717, 1.165) is 0 Å². The molecule has 50 heavy (non-hydrogen) atoms. The van der Waals surface area contributed by atoms with E-state index in [2.05, 4.69) is 139 Å². The summed E-state index contributed by atoms with van der Waals surface area (Å²) < 4.78 is 0. The minimum absolute atomic E-state index is 0. The van der Waals surface area contributed by atoms with Gasteiger partial charge in [0.15, 0.2) is 0 Å². The van der Waals surface area contributed by atoms with Gasteiger partial charge in [-0.05, 0) is 38.8 Å². The Balaban J connectivity index is 0.00000225. The first-order valence-corrected chi connectivity index (χ1v) is 20.8. The van der Waals surface area contributed by atoms with Crippen LogP contribution in [-0.2, 0) is 25.8 Å². The molecule has 260 valence electrons. The van der Waals surface area contributed by atoms with Crippen molar-refractivity contribution in [2.24, 2.45) is 0 Å². The number of fused-ring (bicyclic) bond motifs is 2. The summed E-state index contributed by atoms with van der Waals surface area (Å²) in [5, 5.41) is 8.98. The number of benzene rings is 4. The molecule has 0 saturated carbocycles. The van der Waals surface area contributed by atoms with Gasteiger partial charge < -0.3 is 14.9 Å². The first-order chi connectivity index (χ1) is 22.8. The summed E-state index contributed by atoms with van der Waals surface area (Å²) in [5.41, 5.74) is 10.8. The van der Waals surface area contributed by atoms with Gasteiger partial charge in [-0.3, -0.25) is 0 Å². The Morgan fingerprint density at radius 3 is 1.22 bits per heavy atom. The topological polar surface area (TPSA) is 0 Å². The molecule has 0 aliphatic heterocycles. The molecular formula is C48H60HfSi. The SMILES string of the molecule is CCCCCC[Si](CCCCCC)(c1cc2c(-c3cc(C)cc(C)c3)cccc2[cH-]1)c1cc2c(-c3cc(C)cc(C)c3)cccc2[cH-]1.[CH3-].[CH3-].[Hf+4]. The van der Waals surface area contributed by atoms with Crippen LogP contribution in [0.15, 0.2) is 97.1 Å². The molecular weight excluding hydrogens is 783 g/mol. The predicted molar refractivity (Wildman–Crippen MR) is 225 cm³/mol. The molecule has 0 N–H and O–H groups in total. The normalized spacial score (nSPS) is 11.3. The predicted octanol–water partition coefficient (Wildman–Crippen LogP) is 13.6. The van der Waals surface area contributed by atoms with E-state index in [1.807, 2.05) is 0 Å². The fraction of sp³-hybridized carbons (Fsp3) is 0.333. The van der Waals surface area contributed by atoms with Gasteiger partial charge in [0.1, 0.15) is 0 Å². The molecule has 6 aromatic carbocycles. The minimum Gasteiger partial charge on any atom is -0.358 e. The zero-order chi connectivity index (χ0) is 33.0. The van der Waals surface area contributed by atoms with Crippen LogP contribution in [0.1, 0.15) is 87.5 Å². The maximum atomic E-state index is 2.65. The largest absolute Gasteiger partial charge is 4.00 e. The van der Waals surface area contributed by atoms with E-state index in [1.54, 1.807) is 10.4 Å². The summed E-state index contributed by atoms with van der Waals surface area (Å²) in [6, 6.07) is 41.2. The fourth-order valence-electron chi connectivity index (χ4n) is 8.36. The minimum atomic E-state index is -2.11. The van der Waals surface area contributed by atoms with Gasteiger partial charge in [0.25, 0.3) is 0 Å². The van der Waals surface area contributed by atoms with Gasteiger partial charge in [0, 0.05) is 0 Å². The summed E-state index contributed by atoms with van der Waals surface area (Å²) in [5.74, 6) is 0. The maximum absolute atomic E-state index is 2.65. The van der Waals surface area contributed by atoms with E-state index >= 15 is 0 Å². The Hall–Kier alpha value is -2.81. The molecule has 0 spiro atoms. The van der Waals surface area contributed by atoms with Crippen molar-refractivity contribution in [2.75, 3.05) is 0 Å². The van der Waals surface area contributed by atoms with Gasteiger partial charge in [-0.2, -0.15) is 12.1 Å². The van der Waals surface area contributed by atoms with E-state index in [9.17, 15) is 0 Å². The summed E-state index contributed by atoms with van der Waals surface area (Å²) >= 11 is 0. The zero-order valence-corrected chi connectivity index (χ0v) is 36.9. The number of rotatable bonds is 14. The van der Waals surface area contributed by atoms with Crippen molar-refractivity contribution < 1.29 is 25.8 Å². The number of aryl methyl sites for hydroxylation is 4. The van der Waals surface area contributed by atoms with E-state index in [4.69, 9.17) is 0 Å². The standard InChI is InChI=1S/C46H54Si.2CH3.Hf/c1-7-9-11-13-21-47(22-14-12-10-8-2,41-29-37-17-15-19-43(45(37)31-41)39-25-33(3)23-34(4)26-39)42-30-38-18-16-20-44(46(38)32-42)40-27-35(5)24-36(6)28-40;;;/h15-20,23-32H,7-14,21-22H2,1-6H3;2*1H3;/q-2;2*-1;+4. The summed E-state index contributed by atoms with van der Waals surface area (Å²) in [7, 11) is -2.11. The zero-order valence-electron chi connectivity index (χ0n) is 32.3. The second kappa shape index (κ2) is 18.6. The van der Waals surface area contributed by atoms with Crippen molar-refractivity contribution in [3.05, 3.63) is 134 Å².